The summed E-state index contributed by atoms with van der Waals surface area (Å²) in [4.78, 5) is 0.688. The van der Waals surface area contributed by atoms with E-state index in [0.717, 1.165) is 6.42 Å². The second-order valence-corrected chi connectivity index (χ2v) is 6.38. The largest absolute Gasteiger partial charge is 0.296 e. The van der Waals surface area contributed by atoms with Crippen LogP contribution in [0.5, 0.6) is 0 Å². The molecule has 2 aromatic heterocycles. The van der Waals surface area contributed by atoms with Crippen molar-refractivity contribution in [2.75, 3.05) is 0 Å². The average molecular weight is 307 g/mol. The molecule has 2 heterocycles. The molecule has 0 fully saturated rings. The van der Waals surface area contributed by atoms with Crippen molar-refractivity contribution in [1.82, 2.24) is 14.8 Å². The molecule has 98 valence electrons. The van der Waals surface area contributed by atoms with E-state index in [1.165, 1.54) is 15.9 Å². The van der Waals surface area contributed by atoms with Gasteiger partial charge in [-0.05, 0) is 17.9 Å². The van der Waals surface area contributed by atoms with Crippen LogP contribution >= 0.6 is 22.9 Å². The molecule has 0 spiro atoms. The van der Waals surface area contributed by atoms with E-state index in [0.29, 0.717) is 22.3 Å². The maximum atomic E-state index is 11.4. The minimum atomic E-state index is -3.89. The van der Waals surface area contributed by atoms with Gasteiger partial charge in [-0.25, -0.2) is 13.6 Å². The Morgan fingerprint density at radius 2 is 2.22 bits per heavy atom. The van der Waals surface area contributed by atoms with E-state index in [1.54, 1.807) is 11.4 Å². The van der Waals surface area contributed by atoms with Crippen molar-refractivity contribution in [2.45, 2.75) is 25.0 Å². The fraction of sp³-hybridized carbons (Fsp3) is 0.333. The van der Waals surface area contributed by atoms with Gasteiger partial charge < -0.3 is 0 Å². The zero-order chi connectivity index (χ0) is 13.3. The number of rotatable bonds is 4. The van der Waals surface area contributed by atoms with Crippen molar-refractivity contribution in [3.05, 3.63) is 16.5 Å². The van der Waals surface area contributed by atoms with Gasteiger partial charge >= 0.3 is 0 Å². The number of sulfonamides is 1. The molecule has 0 saturated heterocycles. The number of aromatic nitrogens is 3. The summed E-state index contributed by atoms with van der Waals surface area (Å²) in [5.74, 6) is 0.431. The van der Waals surface area contributed by atoms with E-state index < -0.39 is 10.0 Å². The molecule has 2 rings (SSSR count). The highest BCUT2D eigenvalue weighted by molar-refractivity contribution is 7.89. The van der Waals surface area contributed by atoms with Crippen molar-refractivity contribution in [3.63, 3.8) is 0 Å². The van der Waals surface area contributed by atoms with Crippen molar-refractivity contribution in [1.29, 1.82) is 0 Å². The molecule has 9 heteroatoms. The number of hydrogen-bond donors (Lipinski definition) is 1. The Morgan fingerprint density at radius 3 is 2.72 bits per heavy atom. The summed E-state index contributed by atoms with van der Waals surface area (Å²) in [6, 6.07) is 1.73. The Labute approximate surface area is 113 Å². The molecule has 0 aliphatic heterocycles. The zero-order valence-corrected chi connectivity index (χ0v) is 11.9. The summed E-state index contributed by atoms with van der Waals surface area (Å²) in [5.41, 5.74) is 0. The third kappa shape index (κ3) is 2.41. The molecule has 2 aromatic rings. The van der Waals surface area contributed by atoms with Gasteiger partial charge in [0.1, 0.15) is 0 Å². The highest BCUT2D eigenvalue weighted by Gasteiger charge is 2.23. The monoisotopic (exact) mass is 306 g/mol. The van der Waals surface area contributed by atoms with Gasteiger partial charge in [0.2, 0.25) is 0 Å². The van der Waals surface area contributed by atoms with Crippen LogP contribution in [0.1, 0.15) is 13.3 Å². The topological polar surface area (TPSA) is 90.9 Å². The van der Waals surface area contributed by atoms with Gasteiger partial charge in [0.15, 0.2) is 5.82 Å². The first-order chi connectivity index (χ1) is 8.45. The van der Waals surface area contributed by atoms with Crippen LogP contribution in [0.3, 0.4) is 0 Å². The van der Waals surface area contributed by atoms with Crippen LogP contribution in [0.2, 0.25) is 5.02 Å². The number of halogens is 1. The predicted molar refractivity (Wildman–Crippen MR) is 70.0 cm³/mol. The first-order valence-corrected chi connectivity index (χ1v) is 7.95. The molecular weight excluding hydrogens is 296 g/mol. The summed E-state index contributed by atoms with van der Waals surface area (Å²) in [6.45, 7) is 2.38. The first-order valence-electron chi connectivity index (χ1n) is 5.14. The minimum Gasteiger partial charge on any atom is -0.296 e. The lowest BCUT2D eigenvalue weighted by molar-refractivity contribution is 0.560. The summed E-state index contributed by atoms with van der Waals surface area (Å²) >= 11 is 7.39. The standard InChI is InChI=1S/C9H11ClN4O2S2/c1-2-4-14-8(7-6(10)3-5-17-7)12-13-9(14)18(11,15)16/h3,5H,2,4H2,1H3,(H2,11,15,16). The molecular formula is C9H11ClN4O2S2. The smallest absolute Gasteiger partial charge is 0.273 e. The number of thiophene rings is 1. The van der Waals surface area contributed by atoms with E-state index in [9.17, 15) is 8.42 Å². The third-order valence-electron chi connectivity index (χ3n) is 2.24. The average Bonchev–Trinajstić information content (AvgIpc) is 2.84. The highest BCUT2D eigenvalue weighted by atomic mass is 35.5. The van der Waals surface area contributed by atoms with Crippen molar-refractivity contribution >= 4 is 33.0 Å². The van der Waals surface area contributed by atoms with E-state index in [1.807, 2.05) is 6.92 Å². The first kappa shape index (κ1) is 13.5. The molecule has 0 unspecified atom stereocenters. The fourth-order valence-corrected chi connectivity index (χ4v) is 3.32. The second-order valence-electron chi connectivity index (χ2n) is 3.60. The van der Waals surface area contributed by atoms with Gasteiger partial charge in [-0.3, -0.25) is 4.57 Å². The number of hydrogen-bond acceptors (Lipinski definition) is 5. The molecule has 0 saturated carbocycles. The van der Waals surface area contributed by atoms with Crippen molar-refractivity contribution in [3.8, 4) is 10.7 Å². The van der Waals surface area contributed by atoms with Gasteiger partial charge in [0.25, 0.3) is 15.2 Å². The van der Waals surface area contributed by atoms with Crippen molar-refractivity contribution in [2.24, 2.45) is 5.14 Å². The van der Waals surface area contributed by atoms with Crippen LogP contribution in [0, 0.1) is 0 Å². The van der Waals surface area contributed by atoms with Gasteiger partial charge in [-0.2, -0.15) is 0 Å². The normalized spacial score (nSPS) is 11.9. The molecule has 0 radical (unpaired) electrons. The molecule has 6 nitrogen and oxygen atoms in total. The van der Waals surface area contributed by atoms with E-state index in [-0.39, 0.29) is 5.16 Å². The molecule has 2 N–H and O–H groups in total. The van der Waals surface area contributed by atoms with Crippen LogP contribution in [0.4, 0.5) is 0 Å². The van der Waals surface area contributed by atoms with Crippen LogP contribution in [-0.2, 0) is 16.6 Å². The SMILES string of the molecule is CCCn1c(-c2sccc2Cl)nnc1S(N)(=O)=O. The van der Waals surface area contributed by atoms with Gasteiger partial charge in [-0.1, -0.05) is 18.5 Å². The quantitative estimate of drug-likeness (QED) is 0.931. The Kier molecular flexibility index (Phi) is 3.71. The lowest BCUT2D eigenvalue weighted by Crippen LogP contribution is -2.19. The fourth-order valence-electron chi connectivity index (χ4n) is 1.55. The highest BCUT2D eigenvalue weighted by Crippen LogP contribution is 2.32. The Hall–Kier alpha value is -0.960. The molecule has 0 aliphatic carbocycles. The Balaban J connectivity index is 2.63. The van der Waals surface area contributed by atoms with Gasteiger partial charge in [0.05, 0.1) is 9.90 Å². The van der Waals surface area contributed by atoms with Crippen LogP contribution in [0.15, 0.2) is 16.6 Å². The third-order valence-corrected chi connectivity index (χ3v) is 4.39. The summed E-state index contributed by atoms with van der Waals surface area (Å²) in [7, 11) is -3.89. The van der Waals surface area contributed by atoms with Crippen molar-refractivity contribution < 1.29 is 8.42 Å². The molecule has 0 amide bonds. The summed E-state index contributed by atoms with van der Waals surface area (Å²) in [6.07, 6.45) is 0.733. The van der Waals surface area contributed by atoms with Gasteiger partial charge in [0, 0.05) is 6.54 Å². The molecule has 0 aromatic carbocycles. The van der Waals surface area contributed by atoms with Crippen LogP contribution < -0.4 is 5.14 Å². The van der Waals surface area contributed by atoms with Gasteiger partial charge in [-0.15, -0.1) is 21.5 Å². The number of nitrogens with zero attached hydrogens (tertiary/aromatic N) is 3. The van der Waals surface area contributed by atoms with Crippen LogP contribution in [-0.4, -0.2) is 23.2 Å². The summed E-state index contributed by atoms with van der Waals surface area (Å²) in [5, 5.41) is 14.7. The minimum absolute atomic E-state index is 0.233. The second kappa shape index (κ2) is 4.96. The molecule has 0 aliphatic rings. The molecule has 0 bridgehead atoms. The van der Waals surface area contributed by atoms with E-state index in [2.05, 4.69) is 10.2 Å². The number of primary sulfonamides is 1. The number of nitrogens with two attached hydrogens (primary N) is 1. The molecule has 18 heavy (non-hydrogen) atoms. The maximum absolute atomic E-state index is 11.4. The molecule has 0 atom stereocenters. The van der Waals surface area contributed by atoms with Crippen LogP contribution in [0.25, 0.3) is 10.7 Å². The lowest BCUT2D eigenvalue weighted by Gasteiger charge is -2.06. The van der Waals surface area contributed by atoms with E-state index in [4.69, 9.17) is 16.7 Å². The zero-order valence-electron chi connectivity index (χ0n) is 9.50. The predicted octanol–water partition coefficient (Wildman–Crippen LogP) is 1.72. The van der Waals surface area contributed by atoms with E-state index >= 15 is 0 Å². The Morgan fingerprint density at radius 1 is 1.50 bits per heavy atom. The lowest BCUT2D eigenvalue weighted by atomic mass is 10.4. The summed E-state index contributed by atoms with van der Waals surface area (Å²) < 4.78 is 24.3. The Bertz CT molecular complexity index is 662. The maximum Gasteiger partial charge on any atom is 0.273 e.